The molecule has 0 bridgehead atoms. The number of rotatable bonds is 6. The summed E-state index contributed by atoms with van der Waals surface area (Å²) in [6.45, 7) is 6.20. The van der Waals surface area contributed by atoms with Crippen molar-refractivity contribution in [2.24, 2.45) is 5.92 Å². The number of esters is 1. The molecule has 0 radical (unpaired) electrons. The summed E-state index contributed by atoms with van der Waals surface area (Å²) in [5.41, 5.74) is 0. The second-order valence-electron chi connectivity index (χ2n) is 4.12. The molecule has 1 amide bonds. The molecule has 0 saturated heterocycles. The number of nitrogens with one attached hydrogen (secondary N) is 1. The van der Waals surface area contributed by atoms with Crippen molar-refractivity contribution in [2.75, 3.05) is 19.7 Å². The minimum Gasteiger partial charge on any atom is -0.465 e. The van der Waals surface area contributed by atoms with Gasteiger partial charge < -0.3 is 9.64 Å². The Balaban J connectivity index is 2.71. The van der Waals surface area contributed by atoms with Crippen molar-refractivity contribution < 1.29 is 14.3 Å². The first-order valence-corrected chi connectivity index (χ1v) is 5.73. The second-order valence-corrected chi connectivity index (χ2v) is 4.12. The van der Waals surface area contributed by atoms with E-state index in [9.17, 15) is 9.59 Å². The smallest absolute Gasteiger partial charge is 0.325 e. The van der Waals surface area contributed by atoms with E-state index in [-0.39, 0.29) is 24.9 Å². The summed E-state index contributed by atoms with van der Waals surface area (Å²) in [4.78, 5) is 24.8. The lowest BCUT2D eigenvalue weighted by Gasteiger charge is -2.21. The first-order valence-electron chi connectivity index (χ1n) is 5.73. The molecular weight excluding hydrogens is 238 g/mol. The second kappa shape index (κ2) is 6.67. The lowest BCUT2D eigenvalue weighted by Crippen LogP contribution is -2.39. The number of aromatic nitrogens is 4. The van der Waals surface area contributed by atoms with Crippen LogP contribution < -0.4 is 0 Å². The van der Waals surface area contributed by atoms with Gasteiger partial charge in [-0.1, -0.05) is 13.8 Å². The molecule has 0 aliphatic heterocycles. The molecule has 1 aromatic heterocycles. The number of H-pyrrole nitrogens is 1. The van der Waals surface area contributed by atoms with Crippen molar-refractivity contribution in [3.63, 3.8) is 0 Å². The number of ether oxygens (including phenoxy) is 1. The third-order valence-corrected chi connectivity index (χ3v) is 2.03. The highest BCUT2D eigenvalue weighted by molar-refractivity contribution is 5.92. The fraction of sp³-hybridized carbons (Fsp3) is 0.700. The fourth-order valence-electron chi connectivity index (χ4n) is 1.42. The highest BCUT2D eigenvalue weighted by Crippen LogP contribution is 2.03. The highest BCUT2D eigenvalue weighted by Gasteiger charge is 2.23. The van der Waals surface area contributed by atoms with Crippen molar-refractivity contribution >= 4 is 11.9 Å². The van der Waals surface area contributed by atoms with E-state index in [2.05, 4.69) is 20.6 Å². The van der Waals surface area contributed by atoms with Gasteiger partial charge >= 0.3 is 5.97 Å². The molecule has 1 N–H and O–H groups in total. The molecule has 0 aliphatic carbocycles. The summed E-state index contributed by atoms with van der Waals surface area (Å²) in [5.74, 6) is -0.726. The number of hydrogen-bond donors (Lipinski definition) is 1. The zero-order chi connectivity index (χ0) is 13.5. The molecule has 0 unspecified atom stereocenters. The predicted octanol–water partition coefficient (Wildman–Crippen LogP) is -0.139. The number of carbonyl (C=O) groups excluding carboxylic acids is 2. The Bertz CT molecular complexity index is 390. The van der Waals surface area contributed by atoms with E-state index in [4.69, 9.17) is 4.74 Å². The minimum absolute atomic E-state index is 0.0556. The summed E-state index contributed by atoms with van der Waals surface area (Å²) in [7, 11) is 0. The van der Waals surface area contributed by atoms with Crippen LogP contribution in [0.2, 0.25) is 0 Å². The van der Waals surface area contributed by atoms with Crippen LogP contribution in [0.25, 0.3) is 0 Å². The van der Waals surface area contributed by atoms with Crippen LogP contribution in [-0.4, -0.2) is 57.1 Å². The van der Waals surface area contributed by atoms with Gasteiger partial charge in [0.15, 0.2) is 0 Å². The van der Waals surface area contributed by atoms with E-state index in [0.29, 0.717) is 6.54 Å². The molecular formula is C10H17N5O3. The molecule has 0 saturated carbocycles. The van der Waals surface area contributed by atoms with Crippen molar-refractivity contribution in [2.45, 2.75) is 20.8 Å². The molecule has 18 heavy (non-hydrogen) atoms. The fourth-order valence-corrected chi connectivity index (χ4v) is 1.42. The first kappa shape index (κ1) is 14.1. The van der Waals surface area contributed by atoms with Crippen LogP contribution in [0, 0.1) is 5.92 Å². The normalized spacial score (nSPS) is 10.4. The zero-order valence-electron chi connectivity index (χ0n) is 10.7. The topological polar surface area (TPSA) is 101 Å². The molecule has 0 aromatic carbocycles. The molecule has 1 rings (SSSR count). The summed E-state index contributed by atoms with van der Waals surface area (Å²) < 4.78 is 4.82. The van der Waals surface area contributed by atoms with E-state index in [1.54, 1.807) is 6.92 Å². The zero-order valence-corrected chi connectivity index (χ0v) is 10.7. The van der Waals surface area contributed by atoms with E-state index in [0.717, 1.165) is 0 Å². The standard InChI is InChI=1S/C10H17N5O3/c1-4-18-8(16)6-15(5-7(2)3)10(17)9-11-13-14-12-9/h7H,4-6H2,1-3H3,(H,11,12,13,14). The van der Waals surface area contributed by atoms with Crippen molar-refractivity contribution in [1.82, 2.24) is 25.5 Å². The molecule has 0 fully saturated rings. The molecule has 0 spiro atoms. The average Bonchev–Trinajstić information content (AvgIpc) is 2.80. The van der Waals surface area contributed by atoms with Gasteiger partial charge in [-0.3, -0.25) is 9.59 Å². The van der Waals surface area contributed by atoms with Crippen LogP contribution in [0.5, 0.6) is 0 Å². The van der Waals surface area contributed by atoms with Crippen molar-refractivity contribution in [3.8, 4) is 0 Å². The van der Waals surface area contributed by atoms with E-state index in [1.165, 1.54) is 4.90 Å². The monoisotopic (exact) mass is 255 g/mol. The van der Waals surface area contributed by atoms with Gasteiger partial charge in [0.1, 0.15) is 6.54 Å². The van der Waals surface area contributed by atoms with Crippen LogP contribution >= 0.6 is 0 Å². The SMILES string of the molecule is CCOC(=O)CN(CC(C)C)C(=O)c1nn[nH]n1. The first-order chi connectivity index (χ1) is 8.54. The molecule has 0 aliphatic rings. The van der Waals surface area contributed by atoms with Gasteiger partial charge in [0.25, 0.3) is 11.7 Å². The van der Waals surface area contributed by atoms with Gasteiger partial charge in [0, 0.05) is 6.54 Å². The Hall–Kier alpha value is -1.99. The van der Waals surface area contributed by atoms with E-state index in [1.807, 2.05) is 13.8 Å². The average molecular weight is 255 g/mol. The Kier molecular flexibility index (Phi) is 5.22. The van der Waals surface area contributed by atoms with Crippen LogP contribution in [0.15, 0.2) is 0 Å². The van der Waals surface area contributed by atoms with Gasteiger partial charge in [0.05, 0.1) is 6.61 Å². The molecule has 8 heteroatoms. The molecule has 1 aromatic rings. The van der Waals surface area contributed by atoms with E-state index >= 15 is 0 Å². The number of amides is 1. The lowest BCUT2D eigenvalue weighted by molar-refractivity contribution is -0.143. The van der Waals surface area contributed by atoms with Crippen LogP contribution in [0.1, 0.15) is 31.4 Å². The van der Waals surface area contributed by atoms with Crippen LogP contribution in [-0.2, 0) is 9.53 Å². The minimum atomic E-state index is -0.449. The number of carbonyl (C=O) groups is 2. The van der Waals surface area contributed by atoms with Gasteiger partial charge in [-0.25, -0.2) is 0 Å². The summed E-state index contributed by atoms with van der Waals surface area (Å²) in [5, 5.41) is 12.7. The Morgan fingerprint density at radius 3 is 2.67 bits per heavy atom. The van der Waals surface area contributed by atoms with Crippen LogP contribution in [0.3, 0.4) is 0 Å². The van der Waals surface area contributed by atoms with Gasteiger partial charge in [-0.15, -0.1) is 10.2 Å². The number of hydrogen-bond acceptors (Lipinski definition) is 6. The van der Waals surface area contributed by atoms with Crippen LogP contribution in [0.4, 0.5) is 0 Å². The maximum absolute atomic E-state index is 12.0. The summed E-state index contributed by atoms with van der Waals surface area (Å²) >= 11 is 0. The Morgan fingerprint density at radius 1 is 1.44 bits per heavy atom. The third kappa shape index (κ3) is 4.11. The largest absolute Gasteiger partial charge is 0.465 e. The maximum atomic E-state index is 12.0. The third-order valence-electron chi connectivity index (χ3n) is 2.03. The quantitative estimate of drug-likeness (QED) is 0.710. The molecule has 100 valence electrons. The number of nitrogens with zero attached hydrogens (tertiary/aromatic N) is 4. The molecule has 8 nitrogen and oxygen atoms in total. The van der Waals surface area contributed by atoms with E-state index < -0.39 is 11.9 Å². The summed E-state index contributed by atoms with van der Waals surface area (Å²) in [6, 6.07) is 0. The number of aromatic amines is 1. The summed E-state index contributed by atoms with van der Waals surface area (Å²) in [6.07, 6.45) is 0. The van der Waals surface area contributed by atoms with Crippen molar-refractivity contribution in [3.05, 3.63) is 5.82 Å². The van der Waals surface area contributed by atoms with Gasteiger partial charge in [0.2, 0.25) is 0 Å². The highest BCUT2D eigenvalue weighted by atomic mass is 16.5. The molecule has 0 atom stereocenters. The molecule has 1 heterocycles. The Morgan fingerprint density at radius 2 is 2.17 bits per heavy atom. The van der Waals surface area contributed by atoms with Gasteiger partial charge in [-0.05, 0) is 18.1 Å². The van der Waals surface area contributed by atoms with Gasteiger partial charge in [-0.2, -0.15) is 5.21 Å². The van der Waals surface area contributed by atoms with Crippen molar-refractivity contribution in [1.29, 1.82) is 0 Å². The maximum Gasteiger partial charge on any atom is 0.325 e. The lowest BCUT2D eigenvalue weighted by atomic mass is 10.2. The predicted molar refractivity (Wildman–Crippen MR) is 61.6 cm³/mol. The Labute approximate surface area is 105 Å². The number of tetrazole rings is 1.